The molecule has 25 heavy (non-hydrogen) atoms. The van der Waals surface area contributed by atoms with Gasteiger partial charge in [0, 0.05) is 24.2 Å². The van der Waals surface area contributed by atoms with Crippen LogP contribution in [-0.2, 0) is 19.1 Å². The zero-order chi connectivity index (χ0) is 18.7. The smallest absolute Gasteiger partial charge is 0.320 e. The number of esters is 1. The molecule has 9 nitrogen and oxygen atoms in total. The first-order chi connectivity index (χ1) is 11.8. The van der Waals surface area contributed by atoms with Crippen LogP contribution in [0.5, 0.6) is 11.5 Å². The summed E-state index contributed by atoms with van der Waals surface area (Å²) in [6, 6.07) is 1.33. The minimum absolute atomic E-state index is 0.397. The molecule has 1 aromatic carbocycles. The third-order valence-corrected chi connectivity index (χ3v) is 3.80. The summed E-state index contributed by atoms with van der Waals surface area (Å²) in [5, 5.41) is 14.6. The van der Waals surface area contributed by atoms with E-state index >= 15 is 0 Å². The molecule has 0 bridgehead atoms. The Bertz CT molecular complexity index is 704. The van der Waals surface area contributed by atoms with Crippen LogP contribution in [-0.4, -0.2) is 49.3 Å². The highest BCUT2D eigenvalue weighted by Gasteiger charge is 2.40. The first-order valence-electron chi connectivity index (χ1n) is 7.51. The van der Waals surface area contributed by atoms with E-state index in [-0.39, 0.29) is 0 Å². The van der Waals surface area contributed by atoms with E-state index in [0.29, 0.717) is 22.7 Å². The van der Waals surface area contributed by atoms with Crippen LogP contribution in [0.4, 0.5) is 5.69 Å². The number of methoxy groups -OCH3 is 2. The van der Waals surface area contributed by atoms with Gasteiger partial charge in [-0.05, 0) is 13.0 Å². The topological polar surface area (TPSA) is 123 Å². The molecule has 136 valence electrons. The van der Waals surface area contributed by atoms with Gasteiger partial charge in [-0.1, -0.05) is 0 Å². The zero-order valence-corrected chi connectivity index (χ0v) is 14.3. The van der Waals surface area contributed by atoms with Crippen molar-refractivity contribution in [3.8, 4) is 11.5 Å². The Morgan fingerprint density at radius 2 is 1.84 bits per heavy atom. The van der Waals surface area contributed by atoms with E-state index < -0.39 is 36.0 Å². The number of ether oxygens (including phenoxy) is 3. The van der Waals surface area contributed by atoms with Gasteiger partial charge in [-0.2, -0.15) is 0 Å². The van der Waals surface area contributed by atoms with Gasteiger partial charge < -0.3 is 24.6 Å². The summed E-state index contributed by atoms with van der Waals surface area (Å²) in [6.07, 6.45) is -1.22. The van der Waals surface area contributed by atoms with Crippen molar-refractivity contribution < 1.29 is 33.7 Å². The number of rotatable bonds is 6. The van der Waals surface area contributed by atoms with Crippen LogP contribution >= 0.6 is 0 Å². The fourth-order valence-corrected chi connectivity index (χ4v) is 2.60. The van der Waals surface area contributed by atoms with E-state index in [1.807, 2.05) is 0 Å². The van der Waals surface area contributed by atoms with Gasteiger partial charge in [-0.3, -0.25) is 19.7 Å². The minimum Gasteiger partial charge on any atom is -0.493 e. The average molecular weight is 352 g/mol. The number of amides is 1. The molecule has 1 aliphatic heterocycles. The third-order valence-electron chi connectivity index (χ3n) is 3.80. The molecule has 0 fully saturated rings. The molecule has 3 unspecified atom stereocenters. The lowest BCUT2D eigenvalue weighted by atomic mass is 9.93. The fourth-order valence-electron chi connectivity index (χ4n) is 2.60. The maximum absolute atomic E-state index is 12.4. The van der Waals surface area contributed by atoms with Crippen LogP contribution in [0.2, 0.25) is 0 Å². The van der Waals surface area contributed by atoms with Gasteiger partial charge in [-0.25, -0.2) is 0 Å². The van der Waals surface area contributed by atoms with E-state index in [9.17, 15) is 14.4 Å². The number of benzene rings is 1. The summed E-state index contributed by atoms with van der Waals surface area (Å²) in [5.74, 6) is -1.52. The Balaban J connectivity index is 2.53. The molecule has 0 aliphatic carbocycles. The van der Waals surface area contributed by atoms with E-state index in [1.165, 1.54) is 28.1 Å². The summed E-state index contributed by atoms with van der Waals surface area (Å²) in [5.41, 5.74) is 0.942. The Morgan fingerprint density at radius 1 is 1.24 bits per heavy atom. The summed E-state index contributed by atoms with van der Waals surface area (Å²) in [4.78, 5) is 34.9. The number of carboxylic acid groups (broad SMARTS) is 1. The lowest BCUT2D eigenvalue weighted by Gasteiger charge is -2.34. The van der Waals surface area contributed by atoms with E-state index in [2.05, 4.69) is 10.6 Å². The third kappa shape index (κ3) is 3.82. The highest BCUT2D eigenvalue weighted by Crippen LogP contribution is 2.40. The number of carbonyl (C=O) groups excluding carboxylic acids is 2. The van der Waals surface area contributed by atoms with Crippen molar-refractivity contribution in [1.82, 2.24) is 5.32 Å². The maximum atomic E-state index is 12.4. The highest BCUT2D eigenvalue weighted by atomic mass is 16.5. The molecule has 0 radical (unpaired) electrons. The Kier molecular flexibility index (Phi) is 5.48. The van der Waals surface area contributed by atoms with Gasteiger partial charge in [0.05, 0.1) is 20.3 Å². The van der Waals surface area contributed by atoms with Gasteiger partial charge in [0.15, 0.2) is 17.6 Å². The van der Waals surface area contributed by atoms with Crippen LogP contribution < -0.4 is 20.1 Å². The second kappa shape index (κ2) is 7.39. The van der Waals surface area contributed by atoms with Crippen LogP contribution in [0.3, 0.4) is 0 Å². The lowest BCUT2D eigenvalue weighted by molar-refractivity contribution is -0.154. The summed E-state index contributed by atoms with van der Waals surface area (Å²) in [7, 11) is 2.91. The molecule has 3 N–H and O–H groups in total. The maximum Gasteiger partial charge on any atom is 0.320 e. The monoisotopic (exact) mass is 352 g/mol. The van der Waals surface area contributed by atoms with Gasteiger partial charge in [0.2, 0.25) is 0 Å². The predicted octanol–water partition coefficient (Wildman–Crippen LogP) is 0.691. The fraction of sp³-hybridized carbons (Fsp3) is 0.438. The number of carbonyl (C=O) groups is 3. The number of carboxylic acids is 1. The molecule has 1 heterocycles. The standard InChI is InChI=1S/C16H20N2O7/c1-7(16(21)22)17-13-9-5-11(23-3)12(24-4)6-10(9)18-15(20)14(13)25-8(2)19/h5-7,13-14,17H,1-4H3,(H,18,20)(H,21,22). The number of aliphatic carboxylic acids is 1. The van der Waals surface area contributed by atoms with Crippen molar-refractivity contribution in [2.45, 2.75) is 32.0 Å². The number of hydrogen-bond donors (Lipinski definition) is 3. The molecule has 1 amide bonds. The van der Waals surface area contributed by atoms with Crippen molar-refractivity contribution >= 4 is 23.5 Å². The SMILES string of the molecule is COc1cc2c(cc1OC)C(NC(C)C(=O)O)C(OC(C)=O)C(=O)N2. The summed E-state index contributed by atoms with van der Waals surface area (Å²) >= 11 is 0. The minimum atomic E-state index is -1.22. The average Bonchev–Trinajstić information content (AvgIpc) is 2.56. The Morgan fingerprint density at radius 3 is 2.36 bits per heavy atom. The van der Waals surface area contributed by atoms with Crippen molar-refractivity contribution in [2.75, 3.05) is 19.5 Å². The zero-order valence-electron chi connectivity index (χ0n) is 14.3. The Hall–Kier alpha value is -2.81. The molecular weight excluding hydrogens is 332 g/mol. The quantitative estimate of drug-likeness (QED) is 0.639. The first kappa shape index (κ1) is 18.5. The lowest BCUT2D eigenvalue weighted by Crippen LogP contribution is -2.50. The molecule has 3 atom stereocenters. The summed E-state index contributed by atoms with van der Waals surface area (Å²) < 4.78 is 15.6. The second-order valence-corrected chi connectivity index (χ2v) is 5.52. The van der Waals surface area contributed by atoms with Crippen molar-refractivity contribution in [2.24, 2.45) is 0 Å². The summed E-state index contributed by atoms with van der Waals surface area (Å²) in [6.45, 7) is 2.61. The van der Waals surface area contributed by atoms with Crippen molar-refractivity contribution in [3.05, 3.63) is 17.7 Å². The van der Waals surface area contributed by atoms with Gasteiger partial charge in [0.1, 0.15) is 6.04 Å². The molecule has 9 heteroatoms. The number of hydrogen-bond acceptors (Lipinski definition) is 7. The number of nitrogens with one attached hydrogen (secondary N) is 2. The van der Waals surface area contributed by atoms with Crippen molar-refractivity contribution in [3.63, 3.8) is 0 Å². The van der Waals surface area contributed by atoms with Crippen LogP contribution in [0, 0.1) is 0 Å². The molecular formula is C16H20N2O7. The molecule has 1 aliphatic rings. The van der Waals surface area contributed by atoms with Crippen molar-refractivity contribution in [1.29, 1.82) is 0 Å². The van der Waals surface area contributed by atoms with Gasteiger partial charge in [0.25, 0.3) is 5.91 Å². The molecule has 0 saturated carbocycles. The normalized spacial score (nSPS) is 20.1. The Labute approximate surface area is 144 Å². The van der Waals surface area contributed by atoms with Gasteiger partial charge >= 0.3 is 11.9 Å². The first-order valence-corrected chi connectivity index (χ1v) is 7.51. The van der Waals surface area contributed by atoms with Crippen LogP contribution in [0.15, 0.2) is 12.1 Å². The van der Waals surface area contributed by atoms with E-state index in [0.717, 1.165) is 0 Å². The molecule has 2 rings (SSSR count). The molecule has 1 aromatic rings. The second-order valence-electron chi connectivity index (χ2n) is 5.52. The molecule has 0 saturated heterocycles. The highest BCUT2D eigenvalue weighted by molar-refractivity contribution is 5.99. The van der Waals surface area contributed by atoms with Crippen LogP contribution in [0.1, 0.15) is 25.5 Å². The van der Waals surface area contributed by atoms with E-state index in [4.69, 9.17) is 19.3 Å². The largest absolute Gasteiger partial charge is 0.493 e. The molecule has 0 aromatic heterocycles. The van der Waals surface area contributed by atoms with Gasteiger partial charge in [-0.15, -0.1) is 0 Å². The number of fused-ring (bicyclic) bond motifs is 1. The van der Waals surface area contributed by atoms with Crippen LogP contribution in [0.25, 0.3) is 0 Å². The number of anilines is 1. The van der Waals surface area contributed by atoms with E-state index in [1.54, 1.807) is 12.1 Å². The molecule has 0 spiro atoms. The predicted molar refractivity (Wildman–Crippen MR) is 86.7 cm³/mol.